The molecule has 0 fully saturated rings. The van der Waals surface area contributed by atoms with Crippen LogP contribution in [-0.2, 0) is 6.54 Å². The molecule has 0 aliphatic heterocycles. The molecule has 0 unspecified atom stereocenters. The van der Waals surface area contributed by atoms with E-state index in [0.717, 1.165) is 21.6 Å². The number of pyridine rings is 1. The number of anilines is 1. The van der Waals surface area contributed by atoms with Gasteiger partial charge in [-0.1, -0.05) is 0 Å². The molecule has 3 rings (SSSR count). The quantitative estimate of drug-likeness (QED) is 0.808. The number of nitrogens with one attached hydrogen (secondary N) is 1. The Kier molecular flexibility index (Phi) is 2.93. The van der Waals surface area contributed by atoms with Crippen molar-refractivity contribution in [1.82, 2.24) is 19.6 Å². The van der Waals surface area contributed by atoms with Crippen LogP contribution in [0.2, 0.25) is 0 Å². The van der Waals surface area contributed by atoms with Gasteiger partial charge in [-0.05, 0) is 34.1 Å². The van der Waals surface area contributed by atoms with Gasteiger partial charge in [-0.25, -0.2) is 14.5 Å². The van der Waals surface area contributed by atoms with Crippen molar-refractivity contribution in [2.24, 2.45) is 0 Å². The molecule has 6 heteroatoms. The minimum atomic E-state index is 0.648. The maximum Gasteiger partial charge on any atom is 0.155 e. The van der Waals surface area contributed by atoms with E-state index in [0.29, 0.717) is 6.54 Å². The topological polar surface area (TPSA) is 55.1 Å². The highest BCUT2D eigenvalue weighted by atomic mass is 79.9. The minimum Gasteiger partial charge on any atom is -0.364 e. The zero-order valence-corrected chi connectivity index (χ0v) is 11.0. The van der Waals surface area contributed by atoms with Crippen molar-refractivity contribution in [2.75, 3.05) is 5.32 Å². The molecule has 0 saturated carbocycles. The predicted octanol–water partition coefficient (Wildman–Crippen LogP) is 2.50. The van der Waals surface area contributed by atoms with Gasteiger partial charge in [0.1, 0.15) is 5.82 Å². The van der Waals surface area contributed by atoms with Crippen LogP contribution in [0.5, 0.6) is 0 Å². The van der Waals surface area contributed by atoms with Gasteiger partial charge in [0.2, 0.25) is 0 Å². The number of hydrogen-bond donors (Lipinski definition) is 1. The Morgan fingerprint density at radius 3 is 2.89 bits per heavy atom. The van der Waals surface area contributed by atoms with Gasteiger partial charge in [0.05, 0.1) is 18.4 Å². The van der Waals surface area contributed by atoms with Gasteiger partial charge in [-0.2, -0.15) is 5.10 Å². The van der Waals surface area contributed by atoms with Gasteiger partial charge in [0.25, 0.3) is 0 Å². The fourth-order valence-corrected chi connectivity index (χ4v) is 1.92. The fraction of sp³-hybridized carbons (Fsp3) is 0.0833. The molecule has 0 aliphatic carbocycles. The summed E-state index contributed by atoms with van der Waals surface area (Å²) < 4.78 is 2.78. The van der Waals surface area contributed by atoms with Crippen LogP contribution in [0.3, 0.4) is 0 Å². The van der Waals surface area contributed by atoms with Crippen molar-refractivity contribution in [3.05, 3.63) is 53.0 Å². The lowest BCUT2D eigenvalue weighted by atomic mass is 10.4. The smallest absolute Gasteiger partial charge is 0.155 e. The van der Waals surface area contributed by atoms with E-state index in [1.807, 2.05) is 28.8 Å². The van der Waals surface area contributed by atoms with Crippen molar-refractivity contribution < 1.29 is 0 Å². The van der Waals surface area contributed by atoms with E-state index in [1.54, 1.807) is 18.6 Å². The van der Waals surface area contributed by atoms with Gasteiger partial charge < -0.3 is 5.32 Å². The van der Waals surface area contributed by atoms with Crippen molar-refractivity contribution in [2.45, 2.75) is 6.54 Å². The predicted molar refractivity (Wildman–Crippen MR) is 72.3 cm³/mol. The standard InChI is InChI=1S/C12H10BrN5/c13-9-1-2-11(15-7-9)16-8-10-3-5-14-12-4-6-17-18(10)12/h1-7H,8H2,(H,15,16). The molecule has 3 aromatic rings. The maximum atomic E-state index is 4.26. The van der Waals surface area contributed by atoms with Crippen molar-refractivity contribution in [1.29, 1.82) is 0 Å². The highest BCUT2D eigenvalue weighted by Crippen LogP contribution is 2.11. The molecule has 3 heterocycles. The third-order valence-corrected chi connectivity index (χ3v) is 3.02. The highest BCUT2D eigenvalue weighted by Gasteiger charge is 2.02. The number of nitrogens with zero attached hydrogens (tertiary/aromatic N) is 4. The van der Waals surface area contributed by atoms with Crippen molar-refractivity contribution >= 4 is 27.4 Å². The molecule has 0 bridgehead atoms. The van der Waals surface area contributed by atoms with Crippen LogP contribution in [0.15, 0.2) is 47.3 Å². The molecule has 0 aromatic carbocycles. The second kappa shape index (κ2) is 4.73. The number of aromatic nitrogens is 4. The van der Waals surface area contributed by atoms with Gasteiger partial charge in [-0.15, -0.1) is 0 Å². The van der Waals surface area contributed by atoms with Crippen LogP contribution >= 0.6 is 15.9 Å². The van der Waals surface area contributed by atoms with Crippen molar-refractivity contribution in [3.63, 3.8) is 0 Å². The molecule has 0 saturated heterocycles. The lowest BCUT2D eigenvalue weighted by Crippen LogP contribution is -2.07. The SMILES string of the molecule is Brc1ccc(NCc2ccnc3ccnn23)nc1. The Morgan fingerprint density at radius 1 is 1.11 bits per heavy atom. The molecule has 0 atom stereocenters. The van der Waals surface area contributed by atoms with Crippen LogP contribution < -0.4 is 5.32 Å². The molecular formula is C12H10BrN5. The zero-order chi connectivity index (χ0) is 12.4. The molecule has 0 amide bonds. The largest absolute Gasteiger partial charge is 0.364 e. The fourth-order valence-electron chi connectivity index (χ4n) is 1.68. The summed E-state index contributed by atoms with van der Waals surface area (Å²) in [6.45, 7) is 0.648. The Morgan fingerprint density at radius 2 is 2.06 bits per heavy atom. The normalized spacial score (nSPS) is 10.7. The Bertz CT molecular complexity index is 662. The highest BCUT2D eigenvalue weighted by molar-refractivity contribution is 9.10. The first-order valence-electron chi connectivity index (χ1n) is 5.46. The molecule has 18 heavy (non-hydrogen) atoms. The molecule has 0 radical (unpaired) electrons. The third kappa shape index (κ3) is 2.19. The van der Waals surface area contributed by atoms with E-state index in [1.165, 1.54) is 0 Å². The van der Waals surface area contributed by atoms with E-state index in [9.17, 15) is 0 Å². The molecule has 0 spiro atoms. The molecule has 1 N–H and O–H groups in total. The number of fused-ring (bicyclic) bond motifs is 1. The molecule has 5 nitrogen and oxygen atoms in total. The summed E-state index contributed by atoms with van der Waals surface area (Å²) in [5, 5.41) is 7.48. The summed E-state index contributed by atoms with van der Waals surface area (Å²) >= 11 is 3.36. The van der Waals surface area contributed by atoms with E-state index >= 15 is 0 Å². The number of hydrogen-bond acceptors (Lipinski definition) is 4. The van der Waals surface area contributed by atoms with Crippen LogP contribution in [0.1, 0.15) is 5.69 Å². The lowest BCUT2D eigenvalue weighted by Gasteiger charge is -2.07. The minimum absolute atomic E-state index is 0.648. The number of rotatable bonds is 3. The zero-order valence-electron chi connectivity index (χ0n) is 9.42. The first-order valence-corrected chi connectivity index (χ1v) is 6.25. The van der Waals surface area contributed by atoms with Gasteiger partial charge >= 0.3 is 0 Å². The second-order valence-corrected chi connectivity index (χ2v) is 4.67. The van der Waals surface area contributed by atoms with E-state index in [-0.39, 0.29) is 0 Å². The van der Waals surface area contributed by atoms with Crippen LogP contribution in [0.25, 0.3) is 5.65 Å². The van der Waals surface area contributed by atoms with Crippen molar-refractivity contribution in [3.8, 4) is 0 Å². The molecule has 90 valence electrons. The summed E-state index contributed by atoms with van der Waals surface area (Å²) in [4.78, 5) is 8.48. The summed E-state index contributed by atoms with van der Waals surface area (Å²) in [5.41, 5.74) is 1.88. The summed E-state index contributed by atoms with van der Waals surface area (Å²) in [7, 11) is 0. The van der Waals surface area contributed by atoms with Crippen LogP contribution in [-0.4, -0.2) is 19.6 Å². The molecule has 0 aliphatic rings. The molecular weight excluding hydrogens is 294 g/mol. The number of halogens is 1. The Hall–Kier alpha value is -1.95. The van der Waals surface area contributed by atoms with Crippen LogP contribution in [0, 0.1) is 0 Å². The molecule has 3 aromatic heterocycles. The van der Waals surface area contributed by atoms with Gasteiger partial charge in [-0.3, -0.25) is 0 Å². The van der Waals surface area contributed by atoms with Gasteiger partial charge in [0.15, 0.2) is 5.65 Å². The first-order chi connectivity index (χ1) is 8.83. The maximum absolute atomic E-state index is 4.26. The average Bonchev–Trinajstić information content (AvgIpc) is 2.87. The summed E-state index contributed by atoms with van der Waals surface area (Å²) in [6.07, 6.45) is 5.28. The Balaban J connectivity index is 1.80. The Labute approximate surface area is 112 Å². The van der Waals surface area contributed by atoms with E-state index in [4.69, 9.17) is 0 Å². The summed E-state index contributed by atoms with van der Waals surface area (Å²) in [6, 6.07) is 7.68. The van der Waals surface area contributed by atoms with Crippen LogP contribution in [0.4, 0.5) is 5.82 Å². The average molecular weight is 304 g/mol. The monoisotopic (exact) mass is 303 g/mol. The third-order valence-electron chi connectivity index (χ3n) is 2.55. The first kappa shape index (κ1) is 11.2. The van der Waals surface area contributed by atoms with E-state index < -0.39 is 0 Å². The second-order valence-electron chi connectivity index (χ2n) is 3.75. The lowest BCUT2D eigenvalue weighted by molar-refractivity contribution is 0.852. The van der Waals surface area contributed by atoms with E-state index in [2.05, 4.69) is 36.3 Å². The van der Waals surface area contributed by atoms with Gasteiger partial charge in [0, 0.05) is 22.9 Å². The summed E-state index contributed by atoms with van der Waals surface area (Å²) in [5.74, 6) is 0.829.